The van der Waals surface area contributed by atoms with Crippen LogP contribution >= 0.6 is 0 Å². The lowest BCUT2D eigenvalue weighted by molar-refractivity contribution is -0.138. The van der Waals surface area contributed by atoms with Gasteiger partial charge in [0, 0.05) is 25.2 Å². The highest BCUT2D eigenvalue weighted by molar-refractivity contribution is 5.90. The zero-order valence-electron chi connectivity index (χ0n) is 16.3. The zero-order valence-corrected chi connectivity index (χ0v) is 16.3. The molecule has 0 fully saturated rings. The fourth-order valence-corrected chi connectivity index (χ4v) is 2.53. The summed E-state index contributed by atoms with van der Waals surface area (Å²) in [5, 5.41) is 20.7. The molecule has 3 N–H and O–H groups in total. The lowest BCUT2D eigenvalue weighted by atomic mass is 10.1. The van der Waals surface area contributed by atoms with Crippen molar-refractivity contribution in [1.82, 2.24) is 10.4 Å². The van der Waals surface area contributed by atoms with Gasteiger partial charge in [-0.25, -0.2) is 14.4 Å². The van der Waals surface area contributed by atoms with E-state index in [0.717, 1.165) is 30.6 Å². The second-order valence-electron chi connectivity index (χ2n) is 5.85. The largest absolute Gasteiger partial charge is 0.478 e. The third-order valence-electron chi connectivity index (χ3n) is 3.76. The van der Waals surface area contributed by atoms with E-state index in [1.54, 1.807) is 13.0 Å². The molecule has 1 aromatic rings. The highest BCUT2D eigenvalue weighted by Crippen LogP contribution is 2.33. The smallest absolute Gasteiger partial charge is 0.438 e. The van der Waals surface area contributed by atoms with Crippen LogP contribution in [0, 0.1) is 12.3 Å². The maximum Gasteiger partial charge on any atom is 0.438 e. The van der Waals surface area contributed by atoms with Crippen molar-refractivity contribution >= 4 is 18.0 Å². The molecule has 0 bridgehead atoms. The lowest BCUT2D eigenvalue weighted by Gasteiger charge is -2.14. The third kappa shape index (κ3) is 8.47. The van der Waals surface area contributed by atoms with Gasteiger partial charge in [-0.05, 0) is 43.0 Å². The summed E-state index contributed by atoms with van der Waals surface area (Å²) < 4.78 is 9.43. The molecular weight excluding hydrogens is 380 g/mol. The van der Waals surface area contributed by atoms with Gasteiger partial charge in [0.15, 0.2) is 0 Å². The standard InChI is InChI=1S/C14H16N2O3.C6H8O4/c1-3-8-15-13-7-5-10-4-6-11(9-12(10)13)19-14(17)16(2)18;1-2-10-6(9)4-3-5(7)8/h1,4,6,9,13,15,18H,5,7-8H2,2H3;3-4H,2H2,1H3,(H,7,8)/b;4-3+. The van der Waals surface area contributed by atoms with E-state index in [-0.39, 0.29) is 12.6 Å². The number of esters is 1. The fraction of sp³-hybridized carbons (Fsp3) is 0.350. The summed E-state index contributed by atoms with van der Waals surface area (Å²) in [7, 11) is 1.22. The number of benzene rings is 1. The van der Waals surface area contributed by atoms with Crippen LogP contribution in [0.5, 0.6) is 5.75 Å². The first-order valence-corrected chi connectivity index (χ1v) is 8.80. The van der Waals surface area contributed by atoms with Crippen LogP contribution < -0.4 is 10.1 Å². The third-order valence-corrected chi connectivity index (χ3v) is 3.76. The lowest BCUT2D eigenvalue weighted by Crippen LogP contribution is -2.26. The first kappa shape index (κ1) is 23.7. The number of carbonyl (C=O) groups is 3. The molecule has 9 heteroatoms. The molecule has 1 aliphatic carbocycles. The van der Waals surface area contributed by atoms with Crippen molar-refractivity contribution in [2.45, 2.75) is 25.8 Å². The highest BCUT2D eigenvalue weighted by Gasteiger charge is 2.22. The molecular formula is C20H24N2O7. The number of nitrogens with one attached hydrogen (secondary N) is 1. The van der Waals surface area contributed by atoms with Gasteiger partial charge in [0.1, 0.15) is 5.75 Å². The Balaban J connectivity index is 0.000000359. The van der Waals surface area contributed by atoms with E-state index in [0.29, 0.717) is 17.4 Å². The Labute approximate surface area is 168 Å². The van der Waals surface area contributed by atoms with Crippen molar-refractivity contribution in [3.8, 4) is 18.1 Å². The van der Waals surface area contributed by atoms with Gasteiger partial charge in [0.25, 0.3) is 0 Å². The van der Waals surface area contributed by atoms with Crippen LogP contribution in [0.4, 0.5) is 4.79 Å². The van der Waals surface area contributed by atoms with Crippen LogP contribution in [0.2, 0.25) is 0 Å². The van der Waals surface area contributed by atoms with E-state index in [1.807, 2.05) is 12.1 Å². The predicted molar refractivity (Wildman–Crippen MR) is 103 cm³/mol. The Morgan fingerprint density at radius 3 is 2.69 bits per heavy atom. The Morgan fingerprint density at radius 2 is 2.10 bits per heavy atom. The Bertz CT molecular complexity index is 797. The number of carbonyl (C=O) groups excluding carboxylic acids is 2. The normalized spacial score (nSPS) is 14.2. The summed E-state index contributed by atoms with van der Waals surface area (Å²) in [4.78, 5) is 31.5. The molecule has 2 rings (SSSR count). The number of carboxylic acids is 1. The number of terminal acetylenes is 1. The second kappa shape index (κ2) is 12.2. The average Bonchev–Trinajstić information content (AvgIpc) is 3.07. The number of ether oxygens (including phenoxy) is 2. The summed E-state index contributed by atoms with van der Waals surface area (Å²) in [6.07, 6.45) is 7.99. The van der Waals surface area contributed by atoms with Gasteiger partial charge in [0.2, 0.25) is 0 Å². The van der Waals surface area contributed by atoms with Gasteiger partial charge in [-0.1, -0.05) is 12.0 Å². The first-order valence-electron chi connectivity index (χ1n) is 8.80. The van der Waals surface area contributed by atoms with Gasteiger partial charge in [-0.3, -0.25) is 10.5 Å². The molecule has 0 heterocycles. The van der Waals surface area contributed by atoms with Crippen LogP contribution in [0.1, 0.15) is 30.5 Å². The number of nitrogens with zero attached hydrogens (tertiary/aromatic N) is 1. The molecule has 29 heavy (non-hydrogen) atoms. The van der Waals surface area contributed by atoms with Gasteiger partial charge in [0.05, 0.1) is 13.2 Å². The molecule has 0 aromatic heterocycles. The van der Waals surface area contributed by atoms with Gasteiger partial charge in [-0.15, -0.1) is 6.42 Å². The summed E-state index contributed by atoms with van der Waals surface area (Å²) in [5.41, 5.74) is 2.33. The fourth-order valence-electron chi connectivity index (χ4n) is 2.53. The van der Waals surface area contributed by atoms with Crippen molar-refractivity contribution in [3.63, 3.8) is 0 Å². The van der Waals surface area contributed by atoms with Crippen molar-refractivity contribution in [3.05, 3.63) is 41.5 Å². The molecule has 9 nitrogen and oxygen atoms in total. The summed E-state index contributed by atoms with van der Waals surface area (Å²) in [6.45, 7) is 2.41. The number of aliphatic carboxylic acids is 1. The van der Waals surface area contributed by atoms with E-state index in [2.05, 4.69) is 16.0 Å². The second-order valence-corrected chi connectivity index (χ2v) is 5.85. The quantitative estimate of drug-likeness (QED) is 0.216. The molecule has 0 radical (unpaired) electrons. The number of hydroxylamine groups is 2. The number of aryl methyl sites for hydroxylation is 1. The SMILES string of the molecule is C#CCNC1CCc2ccc(OC(=O)N(C)O)cc21.CCOC(=O)/C=C/C(=O)O. The van der Waals surface area contributed by atoms with Crippen molar-refractivity contribution in [2.75, 3.05) is 20.2 Å². The molecule has 0 aliphatic heterocycles. The van der Waals surface area contributed by atoms with Crippen LogP contribution in [0.3, 0.4) is 0 Å². The Morgan fingerprint density at radius 1 is 1.38 bits per heavy atom. The van der Waals surface area contributed by atoms with Crippen molar-refractivity contribution in [2.24, 2.45) is 0 Å². The highest BCUT2D eigenvalue weighted by atomic mass is 16.6. The van der Waals surface area contributed by atoms with Crippen molar-refractivity contribution in [1.29, 1.82) is 0 Å². The monoisotopic (exact) mass is 404 g/mol. The topological polar surface area (TPSA) is 125 Å². The van der Waals surface area contributed by atoms with E-state index in [4.69, 9.17) is 21.5 Å². The molecule has 0 saturated heterocycles. The van der Waals surface area contributed by atoms with Gasteiger partial charge in [-0.2, -0.15) is 5.06 Å². The van der Waals surface area contributed by atoms with Crippen LogP contribution in [0.25, 0.3) is 0 Å². The van der Waals surface area contributed by atoms with E-state index in [9.17, 15) is 14.4 Å². The molecule has 156 valence electrons. The van der Waals surface area contributed by atoms with Gasteiger partial charge < -0.3 is 14.6 Å². The molecule has 1 aromatic carbocycles. The van der Waals surface area contributed by atoms with Crippen molar-refractivity contribution < 1.29 is 34.2 Å². The maximum absolute atomic E-state index is 11.3. The number of carboxylic acid groups (broad SMARTS) is 1. The zero-order chi connectivity index (χ0) is 21.8. The maximum atomic E-state index is 11.3. The molecule has 1 aliphatic rings. The van der Waals surface area contributed by atoms with Crippen LogP contribution in [-0.2, 0) is 20.7 Å². The average molecular weight is 404 g/mol. The number of rotatable bonds is 6. The number of hydrogen-bond donors (Lipinski definition) is 3. The summed E-state index contributed by atoms with van der Waals surface area (Å²) in [6, 6.07) is 5.67. The van der Waals surface area contributed by atoms with Crippen LogP contribution in [-0.4, -0.2) is 53.6 Å². The number of amides is 1. The van der Waals surface area contributed by atoms with Crippen LogP contribution in [0.15, 0.2) is 30.4 Å². The summed E-state index contributed by atoms with van der Waals surface area (Å²) in [5.74, 6) is 1.17. The molecule has 1 amide bonds. The Hall–Kier alpha value is -3.35. The van der Waals surface area contributed by atoms with E-state index in [1.165, 1.54) is 12.6 Å². The minimum Gasteiger partial charge on any atom is -0.478 e. The Kier molecular flexibility index (Phi) is 9.95. The first-order chi connectivity index (χ1) is 13.8. The minimum atomic E-state index is -1.16. The number of fused-ring (bicyclic) bond motifs is 1. The van der Waals surface area contributed by atoms with E-state index >= 15 is 0 Å². The van der Waals surface area contributed by atoms with Gasteiger partial charge >= 0.3 is 18.0 Å². The molecule has 0 saturated carbocycles. The summed E-state index contributed by atoms with van der Waals surface area (Å²) >= 11 is 0. The molecule has 1 atom stereocenters. The van der Waals surface area contributed by atoms with E-state index < -0.39 is 18.0 Å². The predicted octanol–water partition coefficient (Wildman–Crippen LogP) is 1.91. The minimum absolute atomic E-state index is 0.191. The number of hydrogen-bond acceptors (Lipinski definition) is 7. The molecule has 1 unspecified atom stereocenters. The molecule has 0 spiro atoms.